The molecular weight excluding hydrogens is 306 g/mol. The molecule has 0 radical (unpaired) electrons. The maximum Gasteiger partial charge on any atom is 0.251 e. The number of carbonyl (C=O) groups excluding carboxylic acids is 1. The van der Waals surface area contributed by atoms with Gasteiger partial charge in [0.15, 0.2) is 5.65 Å². The van der Waals surface area contributed by atoms with Crippen molar-refractivity contribution in [3.05, 3.63) is 30.2 Å². The molecule has 0 bridgehead atoms. The fourth-order valence-electron chi connectivity index (χ4n) is 3.76. The maximum absolute atomic E-state index is 12.6. The number of likely N-dealkylation sites (tertiary alicyclic amines) is 1. The molecule has 0 spiro atoms. The Morgan fingerprint density at radius 2 is 2.04 bits per heavy atom. The fourth-order valence-corrected chi connectivity index (χ4v) is 3.76. The number of aromatic nitrogens is 3. The molecule has 128 valence electrons. The minimum absolute atomic E-state index is 0.0406. The van der Waals surface area contributed by atoms with E-state index in [1.54, 1.807) is 0 Å². The van der Waals surface area contributed by atoms with E-state index >= 15 is 0 Å². The van der Waals surface area contributed by atoms with Crippen LogP contribution in [0.25, 0.3) is 5.65 Å². The molecule has 1 amide bonds. The van der Waals surface area contributed by atoms with Gasteiger partial charge >= 0.3 is 0 Å². The van der Waals surface area contributed by atoms with Gasteiger partial charge in [0.1, 0.15) is 11.9 Å². The first kappa shape index (κ1) is 15.5. The Kier molecular flexibility index (Phi) is 4.20. The lowest BCUT2D eigenvalue weighted by Gasteiger charge is -2.32. The Bertz CT molecular complexity index is 723. The monoisotopic (exact) mass is 329 g/mol. The average molecular weight is 329 g/mol. The molecule has 0 aromatic carbocycles. The standard InChI is InChI=1S/C17H23N5O2/c18-11-13-4-5-14(24-13)17(23)21-9-6-12(7-10-21)16-20-19-15-3-1-2-8-22(15)16/h1-3,8,12-14H,4-7,9-11,18H2/t13-,14+/m1/s1. The van der Waals surface area contributed by atoms with E-state index in [-0.39, 0.29) is 18.1 Å². The Labute approximate surface area is 140 Å². The Morgan fingerprint density at radius 1 is 1.21 bits per heavy atom. The second-order valence-corrected chi connectivity index (χ2v) is 6.65. The van der Waals surface area contributed by atoms with Gasteiger partial charge in [0.05, 0.1) is 6.10 Å². The van der Waals surface area contributed by atoms with Crippen molar-refractivity contribution in [2.75, 3.05) is 19.6 Å². The first-order valence-corrected chi connectivity index (χ1v) is 8.70. The first-order chi connectivity index (χ1) is 11.8. The van der Waals surface area contributed by atoms with Crippen LogP contribution in [0.4, 0.5) is 0 Å². The predicted octanol–water partition coefficient (Wildman–Crippen LogP) is 0.942. The lowest BCUT2D eigenvalue weighted by atomic mass is 9.95. The van der Waals surface area contributed by atoms with Crippen LogP contribution in [0, 0.1) is 0 Å². The smallest absolute Gasteiger partial charge is 0.251 e. The van der Waals surface area contributed by atoms with Crippen LogP contribution in [-0.4, -0.2) is 57.2 Å². The number of piperidine rings is 1. The maximum atomic E-state index is 12.6. The quantitative estimate of drug-likeness (QED) is 0.906. The van der Waals surface area contributed by atoms with E-state index in [1.165, 1.54) is 0 Å². The van der Waals surface area contributed by atoms with Gasteiger partial charge in [0.2, 0.25) is 0 Å². The number of nitrogens with zero attached hydrogens (tertiary/aromatic N) is 4. The second kappa shape index (κ2) is 6.49. The molecule has 0 saturated carbocycles. The lowest BCUT2D eigenvalue weighted by molar-refractivity contribution is -0.143. The summed E-state index contributed by atoms with van der Waals surface area (Å²) >= 11 is 0. The number of carbonyl (C=O) groups is 1. The molecule has 2 aliphatic rings. The van der Waals surface area contributed by atoms with Crippen molar-refractivity contribution in [2.24, 2.45) is 5.73 Å². The number of hydrogen-bond acceptors (Lipinski definition) is 5. The van der Waals surface area contributed by atoms with Crippen molar-refractivity contribution < 1.29 is 9.53 Å². The molecule has 7 heteroatoms. The van der Waals surface area contributed by atoms with Gasteiger partial charge in [-0.2, -0.15) is 0 Å². The number of nitrogens with two attached hydrogens (primary N) is 1. The van der Waals surface area contributed by atoms with Gasteiger partial charge in [-0.25, -0.2) is 0 Å². The molecule has 0 unspecified atom stereocenters. The molecule has 24 heavy (non-hydrogen) atoms. The summed E-state index contributed by atoms with van der Waals surface area (Å²) in [6, 6.07) is 5.91. The van der Waals surface area contributed by atoms with Crippen molar-refractivity contribution in [3.8, 4) is 0 Å². The number of pyridine rings is 1. The third-order valence-corrected chi connectivity index (χ3v) is 5.16. The first-order valence-electron chi connectivity index (χ1n) is 8.70. The zero-order valence-corrected chi connectivity index (χ0v) is 13.7. The van der Waals surface area contributed by atoms with Crippen LogP contribution in [0.15, 0.2) is 24.4 Å². The molecule has 2 atom stereocenters. The van der Waals surface area contributed by atoms with Crippen molar-refractivity contribution in [1.82, 2.24) is 19.5 Å². The van der Waals surface area contributed by atoms with Gasteiger partial charge in [0.25, 0.3) is 5.91 Å². The van der Waals surface area contributed by atoms with E-state index < -0.39 is 0 Å². The van der Waals surface area contributed by atoms with E-state index in [4.69, 9.17) is 10.5 Å². The second-order valence-electron chi connectivity index (χ2n) is 6.65. The number of rotatable bonds is 3. The Morgan fingerprint density at radius 3 is 2.79 bits per heavy atom. The van der Waals surface area contributed by atoms with Crippen LogP contribution >= 0.6 is 0 Å². The number of ether oxygens (including phenoxy) is 1. The summed E-state index contributed by atoms with van der Waals surface area (Å²) in [7, 11) is 0. The number of fused-ring (bicyclic) bond motifs is 1. The summed E-state index contributed by atoms with van der Waals surface area (Å²) in [4.78, 5) is 14.5. The average Bonchev–Trinajstić information content (AvgIpc) is 3.28. The molecule has 2 aromatic heterocycles. The highest BCUT2D eigenvalue weighted by atomic mass is 16.5. The summed E-state index contributed by atoms with van der Waals surface area (Å²) in [6.07, 6.45) is 5.23. The molecule has 2 saturated heterocycles. The Balaban J connectivity index is 1.39. The summed E-state index contributed by atoms with van der Waals surface area (Å²) in [5, 5.41) is 8.59. The highest BCUT2D eigenvalue weighted by molar-refractivity contribution is 5.81. The predicted molar refractivity (Wildman–Crippen MR) is 88.5 cm³/mol. The zero-order valence-electron chi connectivity index (χ0n) is 13.7. The van der Waals surface area contributed by atoms with Gasteiger partial charge in [-0.05, 0) is 37.8 Å². The molecular formula is C17H23N5O2. The van der Waals surface area contributed by atoms with Gasteiger partial charge in [0, 0.05) is 31.7 Å². The molecule has 7 nitrogen and oxygen atoms in total. The van der Waals surface area contributed by atoms with Crippen LogP contribution < -0.4 is 5.73 Å². The summed E-state index contributed by atoms with van der Waals surface area (Å²) < 4.78 is 7.79. The minimum atomic E-state index is -0.302. The Hall–Kier alpha value is -1.99. The molecule has 2 aliphatic heterocycles. The topological polar surface area (TPSA) is 85.8 Å². The van der Waals surface area contributed by atoms with Crippen LogP contribution in [0.3, 0.4) is 0 Å². The van der Waals surface area contributed by atoms with Crippen molar-refractivity contribution in [1.29, 1.82) is 0 Å². The SMILES string of the molecule is NC[C@H]1CC[C@@H](C(=O)N2CCC(c3nnc4ccccn34)CC2)O1. The molecule has 2 N–H and O–H groups in total. The van der Waals surface area contributed by atoms with Gasteiger partial charge in [-0.1, -0.05) is 6.07 Å². The van der Waals surface area contributed by atoms with Gasteiger partial charge in [-0.3, -0.25) is 9.20 Å². The van der Waals surface area contributed by atoms with E-state index in [1.807, 2.05) is 33.7 Å². The third-order valence-electron chi connectivity index (χ3n) is 5.16. The van der Waals surface area contributed by atoms with Gasteiger partial charge in [-0.15, -0.1) is 10.2 Å². The van der Waals surface area contributed by atoms with E-state index in [0.29, 0.717) is 12.5 Å². The molecule has 2 fully saturated rings. The van der Waals surface area contributed by atoms with E-state index in [0.717, 1.165) is 50.2 Å². The zero-order chi connectivity index (χ0) is 16.5. The lowest BCUT2D eigenvalue weighted by Crippen LogP contribution is -2.44. The largest absolute Gasteiger partial charge is 0.364 e. The highest BCUT2D eigenvalue weighted by Gasteiger charge is 2.35. The molecule has 0 aliphatic carbocycles. The molecule has 2 aromatic rings. The minimum Gasteiger partial charge on any atom is -0.364 e. The number of hydrogen-bond donors (Lipinski definition) is 1. The fraction of sp³-hybridized carbons (Fsp3) is 0.588. The molecule has 4 heterocycles. The van der Waals surface area contributed by atoms with Crippen LogP contribution in [0.1, 0.15) is 37.4 Å². The van der Waals surface area contributed by atoms with E-state index in [9.17, 15) is 4.79 Å². The molecule has 4 rings (SSSR count). The summed E-state index contributed by atoms with van der Waals surface area (Å²) in [5.74, 6) is 1.46. The van der Waals surface area contributed by atoms with Crippen LogP contribution in [0.2, 0.25) is 0 Å². The number of amides is 1. The van der Waals surface area contributed by atoms with Crippen molar-refractivity contribution in [2.45, 2.75) is 43.8 Å². The van der Waals surface area contributed by atoms with Crippen molar-refractivity contribution >= 4 is 11.6 Å². The van der Waals surface area contributed by atoms with Gasteiger partial charge < -0.3 is 15.4 Å². The summed E-state index contributed by atoms with van der Waals surface area (Å²) in [5.41, 5.74) is 6.50. The third kappa shape index (κ3) is 2.78. The van der Waals surface area contributed by atoms with Crippen molar-refractivity contribution in [3.63, 3.8) is 0 Å². The summed E-state index contributed by atoms with van der Waals surface area (Å²) in [6.45, 7) is 1.99. The van der Waals surface area contributed by atoms with Crippen LogP contribution in [-0.2, 0) is 9.53 Å². The van der Waals surface area contributed by atoms with Crippen LogP contribution in [0.5, 0.6) is 0 Å². The normalized spacial score (nSPS) is 25.5. The van der Waals surface area contributed by atoms with E-state index in [2.05, 4.69) is 10.2 Å². The highest BCUT2D eigenvalue weighted by Crippen LogP contribution is 2.29.